The largest absolute Gasteiger partial charge is 0.497 e. The van der Waals surface area contributed by atoms with E-state index in [1.807, 2.05) is 0 Å². The van der Waals surface area contributed by atoms with Gasteiger partial charge in [0, 0.05) is 12.2 Å². The predicted molar refractivity (Wildman–Crippen MR) is 129 cm³/mol. The molecule has 0 aliphatic carbocycles. The van der Waals surface area contributed by atoms with E-state index in [0.29, 0.717) is 34.3 Å². The maximum absolute atomic E-state index is 13.2. The number of nitrogens with one attached hydrogen (secondary N) is 1. The summed E-state index contributed by atoms with van der Waals surface area (Å²) in [7, 11) is 1.56. The van der Waals surface area contributed by atoms with Gasteiger partial charge in [0.2, 0.25) is 5.91 Å². The first-order valence-corrected chi connectivity index (χ1v) is 10.8. The average Bonchev–Trinajstić information content (AvgIpc) is 3.04. The first-order valence-electron chi connectivity index (χ1n) is 10.4. The molecule has 33 heavy (non-hydrogen) atoms. The van der Waals surface area contributed by atoms with Gasteiger partial charge in [-0.1, -0.05) is 6.08 Å². The Morgan fingerprint density at radius 3 is 2.39 bits per heavy atom. The fraction of sp³-hybridized carbons (Fsp3) is 0.250. The Bertz CT molecular complexity index is 1050. The number of hydrogen-bond donors (Lipinski definition) is 1. The maximum Gasteiger partial charge on any atom is 0.338 e. The lowest BCUT2D eigenvalue weighted by molar-refractivity contribution is -0.124. The van der Waals surface area contributed by atoms with Crippen LogP contribution in [0, 0.1) is 0 Å². The number of ether oxygens (including phenoxy) is 2. The van der Waals surface area contributed by atoms with Crippen molar-refractivity contribution in [3.63, 3.8) is 0 Å². The molecule has 9 heteroatoms. The summed E-state index contributed by atoms with van der Waals surface area (Å²) in [6, 6.07) is 12.5. The summed E-state index contributed by atoms with van der Waals surface area (Å²) in [5, 5.41) is 3.07. The molecule has 1 fully saturated rings. The van der Waals surface area contributed by atoms with E-state index in [0.717, 1.165) is 0 Å². The van der Waals surface area contributed by atoms with E-state index < -0.39 is 12.0 Å². The number of benzene rings is 2. The lowest BCUT2D eigenvalue weighted by atomic mass is 10.1. The minimum Gasteiger partial charge on any atom is -0.497 e. The Morgan fingerprint density at radius 1 is 1.15 bits per heavy atom. The number of nitrogens with zero attached hydrogens (tertiary/aromatic N) is 2. The summed E-state index contributed by atoms with van der Waals surface area (Å²) in [4.78, 5) is 40.8. The Morgan fingerprint density at radius 2 is 1.82 bits per heavy atom. The number of carbonyl (C=O) groups excluding carboxylic acids is 3. The average molecular weight is 468 g/mol. The highest BCUT2D eigenvalue weighted by molar-refractivity contribution is 7.80. The van der Waals surface area contributed by atoms with Gasteiger partial charge in [0.05, 0.1) is 31.4 Å². The van der Waals surface area contributed by atoms with E-state index in [1.165, 1.54) is 4.90 Å². The molecule has 0 spiro atoms. The van der Waals surface area contributed by atoms with E-state index in [2.05, 4.69) is 11.9 Å². The number of thiocarbonyl (C=S) groups is 1. The van der Waals surface area contributed by atoms with Gasteiger partial charge in [-0.05, 0) is 67.7 Å². The van der Waals surface area contributed by atoms with Crippen molar-refractivity contribution in [1.29, 1.82) is 0 Å². The molecule has 0 radical (unpaired) electrons. The molecule has 2 aromatic rings. The molecule has 0 saturated carbocycles. The summed E-state index contributed by atoms with van der Waals surface area (Å²) in [6.07, 6.45) is 1.54. The molecular formula is C24H25N3O5S. The third-order valence-electron chi connectivity index (χ3n) is 5.03. The third kappa shape index (κ3) is 5.38. The zero-order chi connectivity index (χ0) is 24.0. The quantitative estimate of drug-likeness (QED) is 0.344. The summed E-state index contributed by atoms with van der Waals surface area (Å²) in [5.41, 5.74) is 1.49. The minimum atomic E-state index is -0.767. The van der Waals surface area contributed by atoms with Gasteiger partial charge in [-0.3, -0.25) is 14.5 Å². The lowest BCUT2D eigenvalue weighted by Crippen LogP contribution is -2.37. The minimum absolute atomic E-state index is 0.0981. The molecular weight excluding hydrogens is 442 g/mol. The number of hydrogen-bond acceptors (Lipinski definition) is 6. The zero-order valence-electron chi connectivity index (χ0n) is 18.4. The topological polar surface area (TPSA) is 88.2 Å². The molecule has 0 aromatic heterocycles. The molecule has 2 aromatic carbocycles. The van der Waals surface area contributed by atoms with Crippen LogP contribution in [0.3, 0.4) is 0 Å². The first-order chi connectivity index (χ1) is 15.9. The van der Waals surface area contributed by atoms with Crippen molar-refractivity contribution in [3.05, 3.63) is 66.7 Å². The van der Waals surface area contributed by atoms with Crippen molar-refractivity contribution >= 4 is 46.5 Å². The van der Waals surface area contributed by atoms with Gasteiger partial charge in [0.25, 0.3) is 5.91 Å². The summed E-state index contributed by atoms with van der Waals surface area (Å²) in [5.74, 6) is -0.422. The maximum atomic E-state index is 13.2. The second-order valence-corrected chi connectivity index (χ2v) is 7.53. The molecule has 8 nitrogen and oxygen atoms in total. The van der Waals surface area contributed by atoms with E-state index >= 15 is 0 Å². The van der Waals surface area contributed by atoms with Gasteiger partial charge in [-0.15, -0.1) is 6.58 Å². The number of carbonyl (C=O) groups is 3. The molecule has 1 heterocycles. The molecule has 0 unspecified atom stereocenters. The number of methoxy groups -OCH3 is 1. The molecule has 1 aliphatic heterocycles. The second-order valence-electron chi connectivity index (χ2n) is 7.16. The Kier molecular flexibility index (Phi) is 7.78. The van der Waals surface area contributed by atoms with E-state index in [4.69, 9.17) is 21.7 Å². The summed E-state index contributed by atoms with van der Waals surface area (Å²) < 4.78 is 10.1. The second kappa shape index (κ2) is 10.7. The van der Waals surface area contributed by atoms with Crippen LogP contribution in [0.25, 0.3) is 0 Å². The summed E-state index contributed by atoms with van der Waals surface area (Å²) in [6.45, 7) is 6.07. The van der Waals surface area contributed by atoms with Crippen molar-refractivity contribution < 1.29 is 23.9 Å². The highest BCUT2D eigenvalue weighted by atomic mass is 32.1. The van der Waals surface area contributed by atoms with E-state index in [-0.39, 0.29) is 24.8 Å². The van der Waals surface area contributed by atoms with Crippen molar-refractivity contribution in [2.75, 3.05) is 30.5 Å². The Hall–Kier alpha value is -3.72. The monoisotopic (exact) mass is 467 g/mol. The molecule has 1 aliphatic rings. The molecule has 1 saturated heterocycles. The molecule has 172 valence electrons. The zero-order valence-corrected chi connectivity index (χ0v) is 19.3. The van der Waals surface area contributed by atoms with Crippen LogP contribution in [0.1, 0.15) is 23.7 Å². The van der Waals surface area contributed by atoms with E-state index in [1.54, 1.807) is 73.5 Å². The normalized spacial score (nSPS) is 15.4. The number of anilines is 2. The van der Waals surface area contributed by atoms with Crippen molar-refractivity contribution in [2.24, 2.45) is 0 Å². The van der Waals surface area contributed by atoms with Crippen molar-refractivity contribution in [1.82, 2.24) is 4.90 Å². The number of esters is 1. The van der Waals surface area contributed by atoms with E-state index in [9.17, 15) is 14.4 Å². The Labute approximate surface area is 197 Å². The van der Waals surface area contributed by atoms with Crippen LogP contribution in [0.5, 0.6) is 5.75 Å². The predicted octanol–water partition coefficient (Wildman–Crippen LogP) is 3.39. The smallest absolute Gasteiger partial charge is 0.338 e. The molecule has 0 bridgehead atoms. The number of rotatable bonds is 9. The molecule has 1 N–H and O–H groups in total. The van der Waals surface area contributed by atoms with Gasteiger partial charge < -0.3 is 19.7 Å². The van der Waals surface area contributed by atoms with Crippen LogP contribution < -0.4 is 15.0 Å². The van der Waals surface area contributed by atoms with Crippen molar-refractivity contribution in [2.45, 2.75) is 19.4 Å². The molecule has 2 amide bonds. The highest BCUT2D eigenvalue weighted by Crippen LogP contribution is 2.28. The van der Waals surface area contributed by atoms with Crippen molar-refractivity contribution in [3.8, 4) is 5.75 Å². The van der Waals surface area contributed by atoms with Gasteiger partial charge >= 0.3 is 5.97 Å². The summed E-state index contributed by atoms with van der Waals surface area (Å²) >= 11 is 5.54. The first kappa shape index (κ1) is 23.9. The SMILES string of the molecule is C=CCN1C(=S)N(c2ccc(OC)cc2)C(=O)[C@H]1CC(=O)Nc1ccc(C(=O)OCC)cc1. The van der Waals surface area contributed by atoms with Crippen LogP contribution in [-0.2, 0) is 14.3 Å². The van der Waals surface area contributed by atoms with Crippen LogP contribution in [-0.4, -0.2) is 54.1 Å². The molecule has 1 atom stereocenters. The van der Waals surface area contributed by atoms with Crippen LogP contribution >= 0.6 is 12.2 Å². The van der Waals surface area contributed by atoms with Gasteiger partial charge in [0.15, 0.2) is 5.11 Å². The van der Waals surface area contributed by atoms with Gasteiger partial charge in [-0.2, -0.15) is 0 Å². The third-order valence-corrected chi connectivity index (χ3v) is 5.45. The highest BCUT2D eigenvalue weighted by Gasteiger charge is 2.43. The number of amides is 2. The van der Waals surface area contributed by atoms with Crippen LogP contribution in [0.15, 0.2) is 61.2 Å². The molecule has 3 rings (SSSR count). The fourth-order valence-electron chi connectivity index (χ4n) is 3.44. The lowest BCUT2D eigenvalue weighted by Gasteiger charge is -2.22. The van der Waals surface area contributed by atoms with Crippen LogP contribution in [0.2, 0.25) is 0 Å². The fourth-order valence-corrected chi connectivity index (χ4v) is 3.84. The van der Waals surface area contributed by atoms with Gasteiger partial charge in [0.1, 0.15) is 11.8 Å². The van der Waals surface area contributed by atoms with Gasteiger partial charge in [-0.25, -0.2) is 4.79 Å². The Balaban J connectivity index is 1.73. The van der Waals surface area contributed by atoms with Crippen LogP contribution in [0.4, 0.5) is 11.4 Å². The standard InChI is InChI=1S/C24H25N3O5S/c1-4-14-26-20(22(29)27(24(26)33)18-10-12-19(31-3)13-11-18)15-21(28)25-17-8-6-16(7-9-17)23(30)32-5-2/h4,6-13,20H,1,5,14-15H2,2-3H3,(H,25,28)/t20-/m1/s1.